The van der Waals surface area contributed by atoms with E-state index in [0.29, 0.717) is 11.3 Å². The first-order chi connectivity index (χ1) is 13.4. The van der Waals surface area contributed by atoms with Crippen molar-refractivity contribution in [3.63, 3.8) is 0 Å². The van der Waals surface area contributed by atoms with Crippen LogP contribution in [0.2, 0.25) is 5.02 Å². The van der Waals surface area contributed by atoms with Gasteiger partial charge in [-0.15, -0.1) is 0 Å². The van der Waals surface area contributed by atoms with Gasteiger partial charge >= 0.3 is 6.03 Å². The van der Waals surface area contributed by atoms with Crippen LogP contribution in [0.4, 0.5) is 10.7 Å². The number of anilines is 1. The van der Waals surface area contributed by atoms with Gasteiger partial charge in [0.15, 0.2) is 0 Å². The van der Waals surface area contributed by atoms with E-state index in [9.17, 15) is 13.2 Å². The third-order valence-electron chi connectivity index (χ3n) is 3.66. The van der Waals surface area contributed by atoms with Gasteiger partial charge in [-0.25, -0.2) is 27.9 Å². The zero-order chi connectivity index (χ0) is 20.1. The number of benzene rings is 2. The molecule has 9 heteroatoms. The van der Waals surface area contributed by atoms with Crippen LogP contribution in [-0.2, 0) is 10.0 Å². The summed E-state index contributed by atoms with van der Waals surface area (Å²) in [5.74, 6) is -0.0417. The monoisotopic (exact) mass is 414 g/mol. The highest BCUT2D eigenvalue weighted by Crippen LogP contribution is 2.23. The van der Waals surface area contributed by atoms with Crippen LogP contribution in [0, 0.1) is 0 Å². The lowest BCUT2D eigenvalue weighted by atomic mass is 10.1. The summed E-state index contributed by atoms with van der Waals surface area (Å²) in [5.41, 5.74) is 1.95. The molecular weight excluding hydrogens is 400 g/mol. The number of hydrogen-bond acceptors (Lipinski definition) is 5. The van der Waals surface area contributed by atoms with E-state index in [4.69, 9.17) is 11.6 Å². The second-order valence-electron chi connectivity index (χ2n) is 5.59. The summed E-state index contributed by atoms with van der Waals surface area (Å²) in [4.78, 5) is 20.1. The highest BCUT2D eigenvalue weighted by atomic mass is 35.5. The maximum Gasteiger partial charge on any atom is 0.335 e. The van der Waals surface area contributed by atoms with Crippen LogP contribution in [0.5, 0.6) is 0 Å². The number of nitrogens with zero attached hydrogens (tertiary/aromatic N) is 2. The van der Waals surface area contributed by atoms with Gasteiger partial charge in [0.1, 0.15) is 4.90 Å². The molecule has 0 atom stereocenters. The topological polar surface area (TPSA) is 101 Å². The van der Waals surface area contributed by atoms with Gasteiger partial charge in [-0.2, -0.15) is 0 Å². The second kappa shape index (κ2) is 8.20. The summed E-state index contributed by atoms with van der Waals surface area (Å²) >= 11 is 5.96. The molecule has 0 aliphatic carbocycles. The molecule has 2 aromatic carbocycles. The maximum absolute atomic E-state index is 12.5. The van der Waals surface area contributed by atoms with Crippen molar-refractivity contribution in [2.24, 2.45) is 0 Å². The van der Waals surface area contributed by atoms with E-state index in [2.05, 4.69) is 21.9 Å². The quantitative estimate of drug-likeness (QED) is 0.658. The number of nitrogens with one attached hydrogen (secondary N) is 2. The van der Waals surface area contributed by atoms with E-state index in [0.717, 1.165) is 5.56 Å². The molecule has 0 radical (unpaired) electrons. The van der Waals surface area contributed by atoms with Gasteiger partial charge in [-0.1, -0.05) is 60.7 Å². The number of urea groups is 1. The van der Waals surface area contributed by atoms with Crippen LogP contribution in [-0.4, -0.2) is 24.4 Å². The number of rotatable bonds is 5. The van der Waals surface area contributed by atoms with Gasteiger partial charge in [0.25, 0.3) is 10.0 Å². The second-order valence-corrected chi connectivity index (χ2v) is 7.64. The molecule has 3 rings (SSSR count). The minimum atomic E-state index is -4.20. The van der Waals surface area contributed by atoms with E-state index < -0.39 is 16.1 Å². The molecule has 0 aliphatic heterocycles. The number of halogens is 1. The SMILES string of the molecule is C=Cc1ccc(Cl)c(S(=O)(=O)NC(=O)Nc2nccc(-c3ccccc3)n2)c1. The molecule has 142 valence electrons. The molecule has 2 N–H and O–H groups in total. The largest absolute Gasteiger partial charge is 0.335 e. The highest BCUT2D eigenvalue weighted by Gasteiger charge is 2.21. The molecule has 0 fully saturated rings. The number of carbonyl (C=O) groups is 1. The summed E-state index contributed by atoms with van der Waals surface area (Å²) in [7, 11) is -4.20. The third-order valence-corrected chi connectivity index (χ3v) is 5.47. The third kappa shape index (κ3) is 4.54. The molecule has 0 saturated carbocycles. The van der Waals surface area contributed by atoms with Crippen molar-refractivity contribution < 1.29 is 13.2 Å². The zero-order valence-corrected chi connectivity index (χ0v) is 16.0. The van der Waals surface area contributed by atoms with E-state index >= 15 is 0 Å². The summed E-state index contributed by atoms with van der Waals surface area (Å²) in [6.07, 6.45) is 2.93. The van der Waals surface area contributed by atoms with Crippen molar-refractivity contribution in [2.75, 3.05) is 5.32 Å². The van der Waals surface area contributed by atoms with E-state index in [1.807, 2.05) is 35.1 Å². The van der Waals surface area contributed by atoms with Crippen molar-refractivity contribution in [1.29, 1.82) is 0 Å². The van der Waals surface area contributed by atoms with E-state index in [-0.39, 0.29) is 15.9 Å². The smallest absolute Gasteiger partial charge is 0.275 e. The molecule has 1 aromatic heterocycles. The maximum atomic E-state index is 12.5. The first kappa shape index (κ1) is 19.5. The molecular formula is C19H15ClN4O3S. The fourth-order valence-electron chi connectivity index (χ4n) is 2.35. The number of carbonyl (C=O) groups excluding carboxylic acids is 1. The lowest BCUT2D eigenvalue weighted by Gasteiger charge is -2.10. The van der Waals surface area contributed by atoms with Crippen LogP contribution in [0.25, 0.3) is 17.3 Å². The Morgan fingerprint density at radius 3 is 2.57 bits per heavy atom. The number of hydrogen-bond donors (Lipinski definition) is 2. The molecule has 0 aliphatic rings. The van der Waals surface area contributed by atoms with E-state index in [1.165, 1.54) is 24.4 Å². The van der Waals surface area contributed by atoms with Crippen molar-refractivity contribution in [1.82, 2.24) is 14.7 Å². The number of sulfonamides is 1. The van der Waals surface area contributed by atoms with Crippen LogP contribution < -0.4 is 10.0 Å². The average Bonchev–Trinajstić information content (AvgIpc) is 2.68. The van der Waals surface area contributed by atoms with Crippen molar-refractivity contribution in [3.05, 3.63) is 78.0 Å². The first-order valence-corrected chi connectivity index (χ1v) is 9.89. The Morgan fingerprint density at radius 2 is 1.86 bits per heavy atom. The molecule has 3 aromatic rings. The Bertz CT molecular complexity index is 1130. The molecule has 2 amide bonds. The molecule has 28 heavy (non-hydrogen) atoms. The van der Waals surface area contributed by atoms with Crippen molar-refractivity contribution in [3.8, 4) is 11.3 Å². The summed E-state index contributed by atoms with van der Waals surface area (Å²) in [6.45, 7) is 3.58. The van der Waals surface area contributed by atoms with Gasteiger partial charge in [0.05, 0.1) is 10.7 Å². The Morgan fingerprint density at radius 1 is 1.11 bits per heavy atom. The van der Waals surface area contributed by atoms with Gasteiger partial charge < -0.3 is 0 Å². The Balaban J connectivity index is 1.78. The molecule has 1 heterocycles. The summed E-state index contributed by atoms with van der Waals surface area (Å²) < 4.78 is 26.9. The Hall–Kier alpha value is -3.23. The normalized spacial score (nSPS) is 10.9. The minimum Gasteiger partial charge on any atom is -0.275 e. The molecule has 0 bridgehead atoms. The molecule has 7 nitrogen and oxygen atoms in total. The van der Waals surface area contributed by atoms with Gasteiger partial charge in [0.2, 0.25) is 5.95 Å². The lowest BCUT2D eigenvalue weighted by Crippen LogP contribution is -2.35. The summed E-state index contributed by atoms with van der Waals surface area (Å²) in [6, 6.07) is 14.3. The Kier molecular flexibility index (Phi) is 5.72. The zero-order valence-electron chi connectivity index (χ0n) is 14.5. The molecule has 0 saturated heterocycles. The first-order valence-electron chi connectivity index (χ1n) is 8.03. The van der Waals surface area contributed by atoms with Crippen LogP contribution >= 0.6 is 11.6 Å². The highest BCUT2D eigenvalue weighted by molar-refractivity contribution is 7.90. The van der Waals surface area contributed by atoms with Gasteiger partial charge in [0, 0.05) is 11.8 Å². The predicted octanol–water partition coefficient (Wildman–Crippen LogP) is 3.95. The van der Waals surface area contributed by atoms with Crippen LogP contribution in [0.3, 0.4) is 0 Å². The fourth-order valence-corrected chi connectivity index (χ4v) is 3.79. The number of aromatic nitrogens is 2. The van der Waals surface area contributed by atoms with Gasteiger partial charge in [-0.05, 0) is 23.8 Å². The van der Waals surface area contributed by atoms with Crippen molar-refractivity contribution >= 4 is 39.7 Å². The van der Waals surface area contributed by atoms with Crippen LogP contribution in [0.1, 0.15) is 5.56 Å². The summed E-state index contributed by atoms with van der Waals surface area (Å²) in [5, 5.41) is 2.29. The predicted molar refractivity (Wildman–Crippen MR) is 108 cm³/mol. The average molecular weight is 415 g/mol. The number of amides is 2. The minimum absolute atomic E-state index is 0.0202. The Labute approximate surface area is 167 Å². The standard InChI is InChI=1S/C19H15ClN4O3S/c1-2-13-8-9-15(20)17(12-13)28(26,27)24-19(25)23-18-21-11-10-16(22-18)14-6-4-3-5-7-14/h2-12H,1H2,(H2,21,22,23,24,25). The van der Waals surface area contributed by atoms with Crippen molar-refractivity contribution in [2.45, 2.75) is 4.90 Å². The molecule has 0 unspecified atom stereocenters. The van der Waals surface area contributed by atoms with Crippen LogP contribution in [0.15, 0.2) is 72.3 Å². The lowest BCUT2D eigenvalue weighted by molar-refractivity contribution is 0.256. The van der Waals surface area contributed by atoms with E-state index in [1.54, 1.807) is 12.1 Å². The molecule has 0 spiro atoms. The van der Waals surface area contributed by atoms with Gasteiger partial charge in [-0.3, -0.25) is 5.32 Å². The fraction of sp³-hybridized carbons (Fsp3) is 0.